The first kappa shape index (κ1) is 16.1. The molecule has 0 aliphatic carbocycles. The van der Waals surface area contributed by atoms with E-state index in [0.29, 0.717) is 9.75 Å². The molecule has 2 heterocycles. The van der Waals surface area contributed by atoms with E-state index >= 15 is 0 Å². The maximum atomic E-state index is 12.0. The van der Waals surface area contributed by atoms with Gasteiger partial charge in [0.15, 0.2) is 11.6 Å². The zero-order chi connectivity index (χ0) is 14.9. The van der Waals surface area contributed by atoms with E-state index < -0.39 is 0 Å². The van der Waals surface area contributed by atoms with Crippen molar-refractivity contribution in [2.24, 2.45) is 0 Å². The Hall–Kier alpha value is -0.300. The largest absolute Gasteiger partial charge is 0.293 e. The highest BCUT2D eigenvalue weighted by Crippen LogP contribution is 2.30. The van der Waals surface area contributed by atoms with E-state index in [9.17, 15) is 9.59 Å². The molecule has 20 heavy (non-hydrogen) atoms. The molecular weight excluding hydrogens is 424 g/mol. The van der Waals surface area contributed by atoms with Crippen LogP contribution < -0.4 is 0 Å². The van der Waals surface area contributed by atoms with E-state index in [1.807, 2.05) is 26.0 Å². The predicted octanol–water partition coefficient (Wildman–Crippen LogP) is 5.80. The second kappa shape index (κ2) is 6.64. The van der Waals surface area contributed by atoms with Crippen molar-refractivity contribution >= 4 is 66.1 Å². The van der Waals surface area contributed by atoms with Crippen LogP contribution in [0.3, 0.4) is 0 Å². The number of rotatable bonds is 5. The lowest BCUT2D eigenvalue weighted by Crippen LogP contribution is -2.02. The lowest BCUT2D eigenvalue weighted by Gasteiger charge is -1.97. The monoisotopic (exact) mass is 434 g/mol. The van der Waals surface area contributed by atoms with E-state index in [-0.39, 0.29) is 24.4 Å². The molecule has 0 N–H and O–H groups in total. The van der Waals surface area contributed by atoms with E-state index in [1.165, 1.54) is 22.7 Å². The van der Waals surface area contributed by atoms with Crippen LogP contribution in [-0.2, 0) is 0 Å². The second-order valence-electron chi connectivity index (χ2n) is 4.48. The number of thiophene rings is 2. The van der Waals surface area contributed by atoms with Crippen LogP contribution in [0, 0.1) is 13.8 Å². The molecule has 0 atom stereocenters. The zero-order valence-electron chi connectivity index (χ0n) is 11.0. The SMILES string of the molecule is Cc1cc(C(=O)CCC(=O)c2cc(C)c(Br)s2)sc1Br. The van der Waals surface area contributed by atoms with Crippen LogP contribution in [0.5, 0.6) is 0 Å². The summed E-state index contributed by atoms with van der Waals surface area (Å²) in [5, 5.41) is 0. The van der Waals surface area contributed by atoms with Crippen LogP contribution in [0.1, 0.15) is 43.3 Å². The Bertz CT molecular complexity index is 574. The molecule has 0 aliphatic heterocycles. The van der Waals surface area contributed by atoms with Gasteiger partial charge in [-0.1, -0.05) is 0 Å². The number of halogens is 2. The molecule has 106 valence electrons. The van der Waals surface area contributed by atoms with E-state index in [1.54, 1.807) is 0 Å². The highest BCUT2D eigenvalue weighted by molar-refractivity contribution is 9.11. The average Bonchev–Trinajstić information content (AvgIpc) is 2.91. The van der Waals surface area contributed by atoms with Crippen molar-refractivity contribution in [1.29, 1.82) is 0 Å². The van der Waals surface area contributed by atoms with Gasteiger partial charge in [0, 0.05) is 12.8 Å². The molecule has 0 fully saturated rings. The summed E-state index contributed by atoms with van der Waals surface area (Å²) in [5.41, 5.74) is 2.12. The smallest absolute Gasteiger partial charge is 0.173 e. The summed E-state index contributed by atoms with van der Waals surface area (Å²) in [6.07, 6.45) is 0.527. The molecule has 0 bridgehead atoms. The van der Waals surface area contributed by atoms with Gasteiger partial charge in [-0.05, 0) is 69.0 Å². The highest BCUT2D eigenvalue weighted by Gasteiger charge is 2.16. The van der Waals surface area contributed by atoms with Gasteiger partial charge in [0.25, 0.3) is 0 Å². The van der Waals surface area contributed by atoms with Crippen LogP contribution in [0.4, 0.5) is 0 Å². The summed E-state index contributed by atoms with van der Waals surface area (Å²) in [4.78, 5) is 25.5. The van der Waals surface area contributed by atoms with Crippen LogP contribution in [0.25, 0.3) is 0 Å². The Balaban J connectivity index is 1.98. The van der Waals surface area contributed by atoms with Crippen molar-refractivity contribution in [2.75, 3.05) is 0 Å². The lowest BCUT2D eigenvalue weighted by molar-refractivity contribution is 0.0921. The Kier molecular flexibility index (Phi) is 5.34. The minimum atomic E-state index is 0.0319. The van der Waals surface area contributed by atoms with Gasteiger partial charge in [0.1, 0.15) is 0 Å². The van der Waals surface area contributed by atoms with Gasteiger partial charge in [0.05, 0.1) is 17.3 Å². The van der Waals surface area contributed by atoms with E-state index in [0.717, 1.165) is 18.7 Å². The third-order valence-electron chi connectivity index (χ3n) is 2.84. The van der Waals surface area contributed by atoms with Crippen molar-refractivity contribution in [1.82, 2.24) is 0 Å². The third kappa shape index (κ3) is 3.67. The quantitative estimate of drug-likeness (QED) is 0.556. The minimum Gasteiger partial charge on any atom is -0.293 e. The topological polar surface area (TPSA) is 34.1 Å². The number of hydrogen-bond donors (Lipinski definition) is 0. The molecule has 0 radical (unpaired) electrons. The second-order valence-corrected chi connectivity index (χ2v) is 9.22. The number of carbonyl (C=O) groups is 2. The van der Waals surface area contributed by atoms with Gasteiger partial charge in [-0.15, -0.1) is 22.7 Å². The van der Waals surface area contributed by atoms with Gasteiger partial charge in [0.2, 0.25) is 0 Å². The van der Waals surface area contributed by atoms with Gasteiger partial charge >= 0.3 is 0 Å². The summed E-state index contributed by atoms with van der Waals surface area (Å²) in [7, 11) is 0. The maximum absolute atomic E-state index is 12.0. The Morgan fingerprint density at radius 3 is 1.50 bits per heavy atom. The Labute approximate surface area is 142 Å². The Morgan fingerprint density at radius 1 is 0.900 bits per heavy atom. The summed E-state index contributed by atoms with van der Waals surface area (Å²) >= 11 is 9.67. The van der Waals surface area contributed by atoms with Crippen LogP contribution in [-0.4, -0.2) is 11.6 Å². The summed E-state index contributed by atoms with van der Waals surface area (Å²) in [6.45, 7) is 3.91. The summed E-state index contributed by atoms with van der Waals surface area (Å²) < 4.78 is 1.95. The molecular formula is C14H12Br2O2S2. The molecule has 0 spiro atoms. The lowest BCUT2D eigenvalue weighted by atomic mass is 10.1. The van der Waals surface area contributed by atoms with Gasteiger partial charge in [-0.2, -0.15) is 0 Å². The van der Waals surface area contributed by atoms with Crippen molar-refractivity contribution in [2.45, 2.75) is 26.7 Å². The molecule has 2 rings (SSSR count). The molecule has 0 saturated heterocycles. The molecule has 2 nitrogen and oxygen atoms in total. The van der Waals surface area contributed by atoms with Crippen LogP contribution in [0.2, 0.25) is 0 Å². The summed E-state index contributed by atoms with van der Waals surface area (Å²) in [6, 6.07) is 3.74. The minimum absolute atomic E-state index is 0.0319. The van der Waals surface area contributed by atoms with E-state index in [4.69, 9.17) is 0 Å². The molecule has 2 aromatic heterocycles. The van der Waals surface area contributed by atoms with E-state index in [2.05, 4.69) is 31.9 Å². The Morgan fingerprint density at radius 2 is 1.25 bits per heavy atom. The standard InChI is InChI=1S/C14H12Br2O2S2/c1-7-5-11(19-13(7)15)9(17)3-4-10(18)12-6-8(2)14(16)20-12/h5-6H,3-4H2,1-2H3. The van der Waals surface area contributed by atoms with Gasteiger partial charge in [-0.25, -0.2) is 0 Å². The zero-order valence-corrected chi connectivity index (χ0v) is 15.8. The summed E-state index contributed by atoms with van der Waals surface area (Å²) in [5.74, 6) is 0.0639. The number of hydrogen-bond acceptors (Lipinski definition) is 4. The molecule has 0 unspecified atom stereocenters. The fourth-order valence-corrected chi connectivity index (χ4v) is 4.67. The first-order valence-corrected chi connectivity index (χ1v) is 9.18. The molecule has 2 aromatic rings. The fourth-order valence-electron chi connectivity index (χ4n) is 1.67. The maximum Gasteiger partial charge on any atom is 0.173 e. The molecule has 0 amide bonds. The highest BCUT2D eigenvalue weighted by atomic mass is 79.9. The number of Topliss-reactive ketones (excluding diaryl/α,β-unsaturated/α-hetero) is 2. The first-order valence-electron chi connectivity index (χ1n) is 5.96. The number of ketones is 2. The average molecular weight is 436 g/mol. The molecule has 6 heteroatoms. The molecule has 0 aliphatic rings. The van der Waals surface area contributed by atoms with Gasteiger partial charge in [-0.3, -0.25) is 9.59 Å². The third-order valence-corrected chi connectivity index (χ3v) is 7.20. The molecule has 0 saturated carbocycles. The van der Waals surface area contributed by atoms with Crippen molar-refractivity contribution in [3.63, 3.8) is 0 Å². The van der Waals surface area contributed by atoms with Crippen molar-refractivity contribution in [3.8, 4) is 0 Å². The van der Waals surface area contributed by atoms with Gasteiger partial charge < -0.3 is 0 Å². The van der Waals surface area contributed by atoms with Crippen molar-refractivity contribution < 1.29 is 9.59 Å². The first-order chi connectivity index (χ1) is 9.38. The number of aryl methyl sites for hydroxylation is 2. The van der Waals surface area contributed by atoms with Crippen LogP contribution >= 0.6 is 54.5 Å². The van der Waals surface area contributed by atoms with Crippen LogP contribution in [0.15, 0.2) is 19.7 Å². The predicted molar refractivity (Wildman–Crippen MR) is 91.4 cm³/mol. The number of carbonyl (C=O) groups excluding carboxylic acids is 2. The fraction of sp³-hybridized carbons (Fsp3) is 0.286. The van der Waals surface area contributed by atoms with Crippen molar-refractivity contribution in [3.05, 3.63) is 40.6 Å². The molecule has 0 aromatic carbocycles. The normalized spacial score (nSPS) is 10.8.